The molecule has 1 fully saturated rings. The van der Waals surface area contributed by atoms with Crippen molar-refractivity contribution in [2.24, 2.45) is 11.1 Å². The number of benzene rings is 1. The molecule has 0 aromatic heterocycles. The summed E-state index contributed by atoms with van der Waals surface area (Å²) in [7, 11) is 0. The minimum Gasteiger partial charge on any atom is -0.327 e. The van der Waals surface area contributed by atoms with Gasteiger partial charge in [-0.1, -0.05) is 32.9 Å². The van der Waals surface area contributed by atoms with Crippen molar-refractivity contribution in [1.82, 2.24) is 4.90 Å². The van der Waals surface area contributed by atoms with Gasteiger partial charge in [0.2, 0.25) is 5.91 Å². The van der Waals surface area contributed by atoms with Crippen LogP contribution in [0, 0.1) is 5.41 Å². The van der Waals surface area contributed by atoms with Crippen LogP contribution in [0.15, 0.2) is 29.2 Å². The van der Waals surface area contributed by atoms with Crippen LogP contribution in [0.5, 0.6) is 0 Å². The second-order valence-corrected chi connectivity index (χ2v) is 9.30. The Labute approximate surface area is 149 Å². The molecule has 0 saturated carbocycles. The number of hydrogen-bond acceptors (Lipinski definition) is 4. The number of hydrogen-bond donors (Lipinski definition) is 1. The molecule has 0 bridgehead atoms. The highest BCUT2D eigenvalue weighted by molar-refractivity contribution is 8.00. The zero-order valence-electron chi connectivity index (χ0n) is 15.0. The van der Waals surface area contributed by atoms with Crippen LogP contribution in [0.2, 0.25) is 0 Å². The molecule has 2 N–H and O–H groups in total. The summed E-state index contributed by atoms with van der Waals surface area (Å²) in [5.74, 6) is 0.212. The Kier molecular flexibility index (Phi) is 5.23. The average Bonchev–Trinajstić information content (AvgIpc) is 2.69. The van der Waals surface area contributed by atoms with E-state index < -0.39 is 0 Å². The molecule has 1 aromatic rings. The first-order chi connectivity index (χ1) is 11.4. The van der Waals surface area contributed by atoms with Gasteiger partial charge >= 0.3 is 0 Å². The molecule has 0 aliphatic carbocycles. The smallest absolute Gasteiger partial charge is 0.241 e. The van der Waals surface area contributed by atoms with Crippen molar-refractivity contribution >= 4 is 23.4 Å². The van der Waals surface area contributed by atoms with Crippen molar-refractivity contribution in [2.45, 2.75) is 49.8 Å². The molecule has 2 aliphatic heterocycles. The van der Waals surface area contributed by atoms with E-state index in [0.717, 1.165) is 38.2 Å². The van der Waals surface area contributed by atoms with E-state index in [1.807, 2.05) is 22.7 Å². The fourth-order valence-electron chi connectivity index (χ4n) is 3.64. The SMILES string of the molecule is CC1CCN(C(=O)CN2CCC(N)C(C)(C)C2)c2ccccc2S1. The molecular formula is C19H29N3OS. The molecule has 5 heteroatoms. The molecule has 2 atom stereocenters. The minimum absolute atomic E-state index is 0.0690. The van der Waals surface area contributed by atoms with E-state index in [1.54, 1.807) is 0 Å². The van der Waals surface area contributed by atoms with E-state index in [1.165, 1.54) is 4.90 Å². The third kappa shape index (κ3) is 3.79. The number of anilines is 1. The average molecular weight is 348 g/mol. The molecule has 2 heterocycles. The highest BCUT2D eigenvalue weighted by Gasteiger charge is 2.35. The first kappa shape index (κ1) is 17.8. The maximum atomic E-state index is 13.0. The van der Waals surface area contributed by atoms with Gasteiger partial charge in [0.05, 0.1) is 12.2 Å². The number of thioether (sulfide) groups is 1. The van der Waals surface area contributed by atoms with Gasteiger partial charge in [0.1, 0.15) is 0 Å². The molecule has 2 aliphatic rings. The molecular weight excluding hydrogens is 318 g/mol. The lowest BCUT2D eigenvalue weighted by atomic mass is 9.80. The lowest BCUT2D eigenvalue weighted by molar-refractivity contribution is -0.120. The topological polar surface area (TPSA) is 49.6 Å². The van der Waals surface area contributed by atoms with E-state index in [9.17, 15) is 4.79 Å². The second kappa shape index (κ2) is 7.06. The van der Waals surface area contributed by atoms with Crippen LogP contribution >= 0.6 is 11.8 Å². The molecule has 24 heavy (non-hydrogen) atoms. The van der Waals surface area contributed by atoms with Crippen molar-refractivity contribution in [3.63, 3.8) is 0 Å². The molecule has 3 rings (SSSR count). The Morgan fingerprint density at radius 3 is 2.79 bits per heavy atom. The molecule has 132 valence electrons. The normalized spacial score (nSPS) is 27.4. The van der Waals surface area contributed by atoms with Crippen molar-refractivity contribution in [2.75, 3.05) is 31.1 Å². The summed E-state index contributed by atoms with van der Waals surface area (Å²) in [6.45, 7) is 9.74. The molecule has 0 radical (unpaired) electrons. The molecule has 4 nitrogen and oxygen atoms in total. The molecule has 2 unspecified atom stereocenters. The number of likely N-dealkylation sites (tertiary alicyclic amines) is 1. The first-order valence-electron chi connectivity index (χ1n) is 8.91. The van der Waals surface area contributed by atoms with E-state index in [0.29, 0.717) is 11.8 Å². The molecule has 1 aromatic carbocycles. The lowest BCUT2D eigenvalue weighted by Crippen LogP contribution is -2.54. The number of fused-ring (bicyclic) bond motifs is 1. The third-order valence-corrected chi connectivity index (χ3v) is 6.53. The summed E-state index contributed by atoms with van der Waals surface area (Å²) in [5.41, 5.74) is 7.37. The van der Waals surface area contributed by atoms with Crippen LogP contribution in [0.4, 0.5) is 5.69 Å². The Morgan fingerprint density at radius 1 is 1.29 bits per heavy atom. The number of nitrogens with two attached hydrogens (primary N) is 1. The van der Waals surface area contributed by atoms with Gasteiger partial charge in [-0.15, -0.1) is 11.8 Å². The number of carbonyl (C=O) groups is 1. The highest BCUT2D eigenvalue weighted by atomic mass is 32.2. The lowest BCUT2D eigenvalue weighted by Gasteiger charge is -2.42. The van der Waals surface area contributed by atoms with Crippen molar-refractivity contribution in [3.8, 4) is 0 Å². The van der Waals surface area contributed by atoms with Gasteiger partial charge in [0, 0.05) is 35.8 Å². The van der Waals surface area contributed by atoms with Crippen LogP contribution in [0.3, 0.4) is 0 Å². The monoisotopic (exact) mass is 347 g/mol. The van der Waals surface area contributed by atoms with Crippen molar-refractivity contribution in [3.05, 3.63) is 24.3 Å². The fraction of sp³-hybridized carbons (Fsp3) is 0.632. The highest BCUT2D eigenvalue weighted by Crippen LogP contribution is 2.37. The van der Waals surface area contributed by atoms with Crippen molar-refractivity contribution < 1.29 is 4.79 Å². The number of rotatable bonds is 2. The minimum atomic E-state index is 0.0690. The Hall–Kier alpha value is -1.04. The maximum Gasteiger partial charge on any atom is 0.241 e. The Morgan fingerprint density at radius 2 is 2.04 bits per heavy atom. The summed E-state index contributed by atoms with van der Waals surface area (Å²) < 4.78 is 0. The summed E-state index contributed by atoms with van der Waals surface area (Å²) in [6, 6.07) is 8.51. The van der Waals surface area contributed by atoms with Gasteiger partial charge < -0.3 is 10.6 Å². The van der Waals surface area contributed by atoms with Crippen LogP contribution in [0.1, 0.15) is 33.6 Å². The first-order valence-corrected chi connectivity index (χ1v) is 9.79. The van der Waals surface area contributed by atoms with Gasteiger partial charge in [0.25, 0.3) is 0 Å². The van der Waals surface area contributed by atoms with Crippen LogP contribution in [-0.4, -0.2) is 48.3 Å². The predicted octanol–water partition coefficient (Wildman–Crippen LogP) is 2.96. The zero-order chi connectivity index (χ0) is 17.3. The van der Waals surface area contributed by atoms with Crippen LogP contribution < -0.4 is 10.6 Å². The number of carbonyl (C=O) groups excluding carboxylic acids is 1. The molecule has 1 amide bonds. The van der Waals surface area contributed by atoms with Crippen LogP contribution in [0.25, 0.3) is 0 Å². The standard InChI is InChI=1S/C19H29N3OS/c1-14-8-11-22(15-6-4-5-7-16(15)24-14)18(23)12-21-10-9-17(20)19(2,3)13-21/h4-7,14,17H,8-13,20H2,1-3H3. The second-order valence-electron chi connectivity index (χ2n) is 7.82. The number of nitrogens with zero attached hydrogens (tertiary/aromatic N) is 2. The fourth-order valence-corrected chi connectivity index (χ4v) is 4.76. The van der Waals surface area contributed by atoms with Gasteiger partial charge in [-0.3, -0.25) is 9.69 Å². The summed E-state index contributed by atoms with van der Waals surface area (Å²) in [5, 5.41) is 0.538. The van der Waals surface area contributed by atoms with Gasteiger partial charge in [-0.25, -0.2) is 0 Å². The van der Waals surface area contributed by atoms with E-state index in [2.05, 4.69) is 43.9 Å². The van der Waals surface area contributed by atoms with E-state index >= 15 is 0 Å². The van der Waals surface area contributed by atoms with E-state index in [-0.39, 0.29) is 17.4 Å². The Balaban J connectivity index is 1.73. The zero-order valence-corrected chi connectivity index (χ0v) is 15.8. The summed E-state index contributed by atoms with van der Waals surface area (Å²) in [6.07, 6.45) is 1.99. The Bertz CT molecular complexity index is 604. The number of para-hydroxylation sites is 1. The largest absolute Gasteiger partial charge is 0.327 e. The van der Waals surface area contributed by atoms with Gasteiger partial charge in [0.15, 0.2) is 0 Å². The molecule has 0 spiro atoms. The van der Waals surface area contributed by atoms with Gasteiger partial charge in [-0.2, -0.15) is 0 Å². The van der Waals surface area contributed by atoms with Gasteiger partial charge in [-0.05, 0) is 30.4 Å². The number of amides is 1. The number of piperidine rings is 1. The summed E-state index contributed by atoms with van der Waals surface area (Å²) in [4.78, 5) is 18.5. The van der Waals surface area contributed by atoms with E-state index in [4.69, 9.17) is 5.73 Å². The maximum absolute atomic E-state index is 13.0. The third-order valence-electron chi connectivity index (χ3n) is 5.29. The van der Waals surface area contributed by atoms with Crippen LogP contribution in [-0.2, 0) is 4.79 Å². The predicted molar refractivity (Wildman–Crippen MR) is 102 cm³/mol. The quantitative estimate of drug-likeness (QED) is 0.893. The molecule has 1 saturated heterocycles. The van der Waals surface area contributed by atoms with Crippen molar-refractivity contribution in [1.29, 1.82) is 0 Å². The summed E-state index contributed by atoms with van der Waals surface area (Å²) >= 11 is 1.88.